The van der Waals surface area contributed by atoms with Crippen molar-refractivity contribution in [3.8, 4) is 0 Å². The van der Waals surface area contributed by atoms with Crippen LogP contribution in [0.1, 0.15) is 25.0 Å². The summed E-state index contributed by atoms with van der Waals surface area (Å²) in [4.78, 5) is 4.35. The van der Waals surface area contributed by atoms with Gasteiger partial charge in [-0.1, -0.05) is 18.0 Å². The molecule has 0 unspecified atom stereocenters. The zero-order valence-electron chi connectivity index (χ0n) is 8.99. The van der Waals surface area contributed by atoms with Crippen LogP contribution in [0, 0.1) is 0 Å². The standard InChI is InChI=1S/C12H14ClN3/c13-9-4-5-12-15-7-11(16(12)8-9)6-14-10-2-1-3-10/h4-5,7-8,10,14H,1-3,6H2. The number of hydrogen-bond acceptors (Lipinski definition) is 2. The Bertz CT molecular complexity index is 502. The molecule has 1 aliphatic rings. The number of rotatable bonds is 3. The van der Waals surface area contributed by atoms with Crippen LogP contribution in [-0.2, 0) is 6.54 Å². The van der Waals surface area contributed by atoms with E-state index in [-0.39, 0.29) is 0 Å². The second-order valence-corrected chi connectivity index (χ2v) is 4.77. The Morgan fingerprint density at radius 2 is 2.31 bits per heavy atom. The summed E-state index contributed by atoms with van der Waals surface area (Å²) in [5, 5.41) is 4.27. The van der Waals surface area contributed by atoms with Crippen molar-refractivity contribution in [3.63, 3.8) is 0 Å². The molecule has 2 aromatic rings. The maximum absolute atomic E-state index is 5.98. The van der Waals surface area contributed by atoms with Gasteiger partial charge in [0.2, 0.25) is 0 Å². The van der Waals surface area contributed by atoms with E-state index >= 15 is 0 Å². The topological polar surface area (TPSA) is 29.3 Å². The highest BCUT2D eigenvalue weighted by atomic mass is 35.5. The number of hydrogen-bond donors (Lipinski definition) is 1. The van der Waals surface area contributed by atoms with Crippen LogP contribution in [0.3, 0.4) is 0 Å². The first-order valence-corrected chi connectivity index (χ1v) is 6.05. The molecule has 0 radical (unpaired) electrons. The highest BCUT2D eigenvalue weighted by Crippen LogP contribution is 2.19. The normalized spacial score (nSPS) is 16.6. The Morgan fingerprint density at radius 1 is 1.44 bits per heavy atom. The maximum Gasteiger partial charge on any atom is 0.137 e. The van der Waals surface area contributed by atoms with Crippen molar-refractivity contribution < 1.29 is 0 Å². The predicted octanol–water partition coefficient (Wildman–Crippen LogP) is 2.63. The van der Waals surface area contributed by atoms with Crippen LogP contribution in [0.15, 0.2) is 24.5 Å². The van der Waals surface area contributed by atoms with Gasteiger partial charge in [-0.05, 0) is 25.0 Å². The van der Waals surface area contributed by atoms with Gasteiger partial charge in [0.05, 0.1) is 16.9 Å². The molecule has 16 heavy (non-hydrogen) atoms. The summed E-state index contributed by atoms with van der Waals surface area (Å²) >= 11 is 5.98. The molecule has 4 heteroatoms. The Hall–Kier alpha value is -1.06. The molecular formula is C12H14ClN3. The average Bonchev–Trinajstić information content (AvgIpc) is 2.59. The lowest BCUT2D eigenvalue weighted by atomic mass is 9.93. The summed E-state index contributed by atoms with van der Waals surface area (Å²) in [5.41, 5.74) is 2.12. The van der Waals surface area contributed by atoms with Gasteiger partial charge in [0.1, 0.15) is 5.65 Å². The Morgan fingerprint density at radius 3 is 3.06 bits per heavy atom. The molecular weight excluding hydrogens is 222 g/mol. The number of nitrogens with zero attached hydrogens (tertiary/aromatic N) is 2. The molecule has 84 valence electrons. The van der Waals surface area contributed by atoms with E-state index < -0.39 is 0 Å². The molecule has 0 aliphatic heterocycles. The Balaban J connectivity index is 1.82. The van der Waals surface area contributed by atoms with Gasteiger partial charge < -0.3 is 9.72 Å². The number of imidazole rings is 1. The molecule has 2 heterocycles. The van der Waals surface area contributed by atoms with E-state index in [1.807, 2.05) is 28.9 Å². The molecule has 0 amide bonds. The zero-order valence-corrected chi connectivity index (χ0v) is 9.74. The van der Waals surface area contributed by atoms with Crippen LogP contribution in [0.25, 0.3) is 5.65 Å². The summed E-state index contributed by atoms with van der Waals surface area (Å²) in [6.07, 6.45) is 7.80. The summed E-state index contributed by atoms with van der Waals surface area (Å²) < 4.78 is 2.05. The lowest BCUT2D eigenvalue weighted by Gasteiger charge is -2.26. The van der Waals surface area contributed by atoms with Gasteiger partial charge in [-0.2, -0.15) is 0 Å². The van der Waals surface area contributed by atoms with Crippen LogP contribution < -0.4 is 5.32 Å². The van der Waals surface area contributed by atoms with Crippen molar-refractivity contribution in [2.45, 2.75) is 31.8 Å². The first-order chi connectivity index (χ1) is 7.83. The van der Waals surface area contributed by atoms with Gasteiger partial charge in [0.25, 0.3) is 0 Å². The fourth-order valence-electron chi connectivity index (χ4n) is 2.00. The van der Waals surface area contributed by atoms with Crippen molar-refractivity contribution in [1.82, 2.24) is 14.7 Å². The van der Waals surface area contributed by atoms with Crippen molar-refractivity contribution in [2.24, 2.45) is 0 Å². The van der Waals surface area contributed by atoms with E-state index in [1.54, 1.807) is 0 Å². The number of fused-ring (bicyclic) bond motifs is 1. The Kier molecular flexibility index (Phi) is 2.58. The number of halogens is 1. The third-order valence-electron chi connectivity index (χ3n) is 3.22. The summed E-state index contributed by atoms with van der Waals surface area (Å²) in [6, 6.07) is 4.51. The third kappa shape index (κ3) is 1.81. The molecule has 0 aromatic carbocycles. The van der Waals surface area contributed by atoms with Gasteiger partial charge in [-0.15, -0.1) is 0 Å². The fraction of sp³-hybridized carbons (Fsp3) is 0.417. The zero-order chi connectivity index (χ0) is 11.0. The highest BCUT2D eigenvalue weighted by molar-refractivity contribution is 6.30. The SMILES string of the molecule is Clc1ccc2ncc(CNC3CCC3)n2c1. The number of aromatic nitrogens is 2. The highest BCUT2D eigenvalue weighted by Gasteiger charge is 2.16. The van der Waals surface area contributed by atoms with Gasteiger partial charge >= 0.3 is 0 Å². The smallest absolute Gasteiger partial charge is 0.137 e. The molecule has 1 N–H and O–H groups in total. The summed E-state index contributed by atoms with van der Waals surface area (Å²) in [6.45, 7) is 0.867. The van der Waals surface area contributed by atoms with Crippen LogP contribution in [-0.4, -0.2) is 15.4 Å². The van der Waals surface area contributed by atoms with Gasteiger partial charge in [-0.3, -0.25) is 0 Å². The molecule has 2 aromatic heterocycles. The largest absolute Gasteiger partial charge is 0.308 e. The van der Waals surface area contributed by atoms with E-state index in [1.165, 1.54) is 25.0 Å². The van der Waals surface area contributed by atoms with Crippen molar-refractivity contribution >= 4 is 17.2 Å². The minimum absolute atomic E-state index is 0.699. The first-order valence-electron chi connectivity index (χ1n) is 5.68. The maximum atomic E-state index is 5.98. The monoisotopic (exact) mass is 235 g/mol. The van der Waals surface area contributed by atoms with E-state index in [0.717, 1.165) is 17.2 Å². The van der Waals surface area contributed by atoms with E-state index in [2.05, 4.69) is 10.3 Å². The minimum atomic E-state index is 0.699. The second kappa shape index (κ2) is 4.07. The lowest BCUT2D eigenvalue weighted by molar-refractivity contribution is 0.336. The molecule has 0 atom stereocenters. The molecule has 1 aliphatic carbocycles. The van der Waals surface area contributed by atoms with Crippen LogP contribution in [0.5, 0.6) is 0 Å². The molecule has 0 saturated heterocycles. The summed E-state index contributed by atoms with van der Waals surface area (Å²) in [5.74, 6) is 0. The van der Waals surface area contributed by atoms with E-state index in [4.69, 9.17) is 11.6 Å². The number of pyridine rings is 1. The summed E-state index contributed by atoms with van der Waals surface area (Å²) in [7, 11) is 0. The lowest BCUT2D eigenvalue weighted by Crippen LogP contribution is -2.34. The average molecular weight is 236 g/mol. The van der Waals surface area contributed by atoms with Gasteiger partial charge in [0, 0.05) is 18.8 Å². The fourth-order valence-corrected chi connectivity index (χ4v) is 2.16. The van der Waals surface area contributed by atoms with Crippen LogP contribution >= 0.6 is 11.6 Å². The molecule has 0 spiro atoms. The molecule has 3 rings (SSSR count). The molecule has 3 nitrogen and oxygen atoms in total. The van der Waals surface area contributed by atoms with Crippen LogP contribution in [0.4, 0.5) is 0 Å². The Labute approximate surface area is 99.4 Å². The van der Waals surface area contributed by atoms with Crippen molar-refractivity contribution in [3.05, 3.63) is 35.2 Å². The van der Waals surface area contributed by atoms with Crippen LogP contribution in [0.2, 0.25) is 5.02 Å². The second-order valence-electron chi connectivity index (χ2n) is 4.33. The van der Waals surface area contributed by atoms with Gasteiger partial charge in [-0.25, -0.2) is 4.98 Å². The first kappa shape index (κ1) is 10.1. The van der Waals surface area contributed by atoms with Crippen molar-refractivity contribution in [2.75, 3.05) is 0 Å². The van der Waals surface area contributed by atoms with Crippen molar-refractivity contribution in [1.29, 1.82) is 0 Å². The third-order valence-corrected chi connectivity index (χ3v) is 3.45. The predicted molar refractivity (Wildman–Crippen MR) is 64.7 cm³/mol. The quantitative estimate of drug-likeness (QED) is 0.886. The minimum Gasteiger partial charge on any atom is -0.308 e. The molecule has 0 bridgehead atoms. The number of nitrogens with one attached hydrogen (secondary N) is 1. The molecule has 1 fully saturated rings. The van der Waals surface area contributed by atoms with E-state index in [0.29, 0.717) is 6.04 Å². The molecule has 1 saturated carbocycles. The van der Waals surface area contributed by atoms with E-state index in [9.17, 15) is 0 Å². The van der Waals surface area contributed by atoms with Gasteiger partial charge in [0.15, 0.2) is 0 Å².